The van der Waals surface area contributed by atoms with Crippen molar-refractivity contribution in [2.45, 2.75) is 23.2 Å². The topological polar surface area (TPSA) is 36.1 Å². The minimum absolute atomic E-state index is 0.552. The number of carbonyl (C=O) groups is 1. The minimum Gasteiger partial charge on any atom is -0.356 e. The highest BCUT2D eigenvalue weighted by Gasteiger charge is 2.43. The van der Waals surface area contributed by atoms with Crippen LogP contribution in [0.1, 0.15) is 22.9 Å². The number of fused-ring (bicyclic) bond motifs is 3. The lowest BCUT2D eigenvalue weighted by molar-refractivity contribution is -0.120. The van der Waals surface area contributed by atoms with Crippen LogP contribution in [0.15, 0.2) is 18.2 Å². The third kappa shape index (κ3) is 2.18. The zero-order valence-corrected chi connectivity index (χ0v) is 13.1. The van der Waals surface area contributed by atoms with Crippen molar-refractivity contribution in [2.75, 3.05) is 6.54 Å². The average Bonchev–Trinajstić information content (AvgIpc) is 2.73. The number of aromatic nitrogens is 1. The summed E-state index contributed by atoms with van der Waals surface area (Å²) >= 11 is 18.2. The van der Waals surface area contributed by atoms with E-state index in [4.69, 9.17) is 34.8 Å². The predicted octanol–water partition coefficient (Wildman–Crippen LogP) is 3.90. The fourth-order valence-corrected chi connectivity index (χ4v) is 3.59. The second-order valence-corrected chi connectivity index (χ2v) is 7.47. The van der Waals surface area contributed by atoms with Crippen LogP contribution in [-0.2, 0) is 11.2 Å². The van der Waals surface area contributed by atoms with Crippen molar-refractivity contribution in [2.24, 2.45) is 0 Å². The molecule has 1 aliphatic rings. The molecule has 1 aliphatic heterocycles. The molecule has 1 unspecified atom stereocenters. The Balaban J connectivity index is 2.23. The van der Waals surface area contributed by atoms with Crippen LogP contribution in [0.25, 0.3) is 10.9 Å². The van der Waals surface area contributed by atoms with Gasteiger partial charge in [-0.25, -0.2) is 0 Å². The molecule has 0 bridgehead atoms. The summed E-state index contributed by atoms with van der Waals surface area (Å²) < 4.78 is -1.56. The van der Waals surface area contributed by atoms with Crippen molar-refractivity contribution >= 4 is 52.1 Å². The zero-order valence-electron chi connectivity index (χ0n) is 10.8. The Morgan fingerprint density at radius 2 is 2.15 bits per heavy atom. The van der Waals surface area contributed by atoms with Crippen LogP contribution in [0.3, 0.4) is 0 Å². The number of rotatable bonds is 1. The van der Waals surface area contributed by atoms with Gasteiger partial charge in [0, 0.05) is 23.1 Å². The number of benzene rings is 1. The maximum atomic E-state index is 11.2. The van der Waals surface area contributed by atoms with Gasteiger partial charge >= 0.3 is 0 Å². The Labute approximate surface area is 131 Å². The fraction of sp³-hybridized carbons (Fsp3) is 0.357. The summed E-state index contributed by atoms with van der Waals surface area (Å²) in [5.41, 5.74) is 4.15. The average molecular weight is 332 g/mol. The van der Waals surface area contributed by atoms with E-state index in [0.717, 1.165) is 35.0 Å². The van der Waals surface area contributed by atoms with Crippen molar-refractivity contribution in [1.29, 1.82) is 0 Å². The molecule has 0 saturated carbocycles. The lowest BCUT2D eigenvalue weighted by Gasteiger charge is -2.36. The number of nitrogens with one attached hydrogen (secondary N) is 1. The highest BCUT2D eigenvalue weighted by molar-refractivity contribution is 6.68. The molecule has 1 atom stereocenters. The van der Waals surface area contributed by atoms with Crippen LogP contribution in [-0.4, -0.2) is 26.6 Å². The molecule has 0 radical (unpaired) electrons. The number of halogens is 3. The van der Waals surface area contributed by atoms with Crippen LogP contribution in [0.4, 0.5) is 0 Å². The molecular formula is C14H13Cl3N2O. The monoisotopic (exact) mass is 330 g/mol. The van der Waals surface area contributed by atoms with Gasteiger partial charge in [0.2, 0.25) is 10.2 Å². The summed E-state index contributed by atoms with van der Waals surface area (Å²) in [6.45, 7) is 2.60. The van der Waals surface area contributed by atoms with E-state index in [-0.39, 0.29) is 0 Å². The molecule has 0 fully saturated rings. The van der Waals surface area contributed by atoms with Gasteiger partial charge in [0.25, 0.3) is 0 Å². The first-order chi connectivity index (χ1) is 9.41. The first-order valence-electron chi connectivity index (χ1n) is 6.30. The number of alkyl halides is 3. The third-order valence-corrected chi connectivity index (χ3v) is 4.39. The molecule has 1 aromatic heterocycles. The number of amides is 1. The Bertz CT molecular complexity index is 675. The number of hydrogen-bond donors (Lipinski definition) is 1. The highest BCUT2D eigenvalue weighted by Crippen LogP contribution is 2.47. The standard InChI is InChI=1S/C14H13Cl3N2O/c1-8-2-3-11-10(6-8)9-4-5-19(7-20)13(12(9)18-11)14(15,16)17/h2-3,6-7,13,18H,4-5H2,1H3. The first-order valence-corrected chi connectivity index (χ1v) is 7.44. The zero-order chi connectivity index (χ0) is 14.5. The highest BCUT2D eigenvalue weighted by atomic mass is 35.6. The largest absolute Gasteiger partial charge is 0.356 e. The molecule has 0 saturated heterocycles. The van der Waals surface area contributed by atoms with Gasteiger partial charge in [-0.3, -0.25) is 4.79 Å². The summed E-state index contributed by atoms with van der Waals surface area (Å²) in [4.78, 5) is 16.1. The van der Waals surface area contributed by atoms with Crippen molar-refractivity contribution < 1.29 is 4.79 Å². The van der Waals surface area contributed by atoms with E-state index < -0.39 is 9.83 Å². The normalized spacial score (nSPS) is 19.2. The number of carbonyl (C=O) groups excluding carboxylic acids is 1. The summed E-state index contributed by atoms with van der Waals surface area (Å²) in [6, 6.07) is 5.59. The van der Waals surface area contributed by atoms with E-state index >= 15 is 0 Å². The molecule has 106 valence electrons. The second kappa shape index (κ2) is 4.83. The maximum Gasteiger partial charge on any atom is 0.216 e. The number of aromatic amines is 1. The lowest BCUT2D eigenvalue weighted by Crippen LogP contribution is -2.41. The summed E-state index contributed by atoms with van der Waals surface area (Å²) in [5.74, 6) is 0. The fourth-order valence-electron chi connectivity index (χ4n) is 2.89. The van der Waals surface area contributed by atoms with Crippen LogP contribution in [0.5, 0.6) is 0 Å². The van der Waals surface area contributed by atoms with Crippen LogP contribution in [0.2, 0.25) is 0 Å². The van der Waals surface area contributed by atoms with Gasteiger partial charge in [0.15, 0.2) is 0 Å². The van der Waals surface area contributed by atoms with Crippen LogP contribution in [0, 0.1) is 6.92 Å². The predicted molar refractivity (Wildman–Crippen MR) is 82.5 cm³/mol. The molecule has 2 heterocycles. The van der Waals surface area contributed by atoms with Crippen molar-refractivity contribution in [3.8, 4) is 0 Å². The summed E-state index contributed by atoms with van der Waals surface area (Å²) in [7, 11) is 0. The van der Waals surface area contributed by atoms with Gasteiger partial charge in [0.05, 0.1) is 0 Å². The Kier molecular flexibility index (Phi) is 3.39. The quantitative estimate of drug-likeness (QED) is 0.624. The summed E-state index contributed by atoms with van der Waals surface area (Å²) in [5, 5.41) is 1.14. The van der Waals surface area contributed by atoms with Crippen molar-refractivity contribution in [3.05, 3.63) is 35.0 Å². The Hall–Kier alpha value is -0.900. The van der Waals surface area contributed by atoms with Crippen LogP contribution < -0.4 is 0 Å². The van der Waals surface area contributed by atoms with Gasteiger partial charge in [-0.2, -0.15) is 0 Å². The smallest absolute Gasteiger partial charge is 0.216 e. The van der Waals surface area contributed by atoms with Crippen molar-refractivity contribution in [1.82, 2.24) is 9.88 Å². The molecule has 3 nitrogen and oxygen atoms in total. The van der Waals surface area contributed by atoms with Gasteiger partial charge < -0.3 is 9.88 Å². The van der Waals surface area contributed by atoms with E-state index in [9.17, 15) is 4.79 Å². The molecule has 6 heteroatoms. The number of H-pyrrole nitrogens is 1. The third-order valence-electron chi connectivity index (χ3n) is 3.77. The first kappa shape index (κ1) is 14.1. The summed E-state index contributed by atoms with van der Waals surface area (Å²) in [6.07, 6.45) is 1.50. The Morgan fingerprint density at radius 1 is 1.40 bits per heavy atom. The molecule has 1 aromatic carbocycles. The molecule has 0 aliphatic carbocycles. The molecule has 2 aromatic rings. The molecule has 1 N–H and O–H groups in total. The van der Waals surface area contributed by atoms with Gasteiger partial charge in [-0.05, 0) is 31.0 Å². The Morgan fingerprint density at radius 3 is 2.80 bits per heavy atom. The number of hydrogen-bond acceptors (Lipinski definition) is 1. The van der Waals surface area contributed by atoms with E-state index in [0.29, 0.717) is 6.54 Å². The van der Waals surface area contributed by atoms with E-state index in [1.807, 2.05) is 19.1 Å². The van der Waals surface area contributed by atoms with E-state index in [2.05, 4.69) is 11.1 Å². The molecule has 20 heavy (non-hydrogen) atoms. The van der Waals surface area contributed by atoms with Crippen LogP contribution >= 0.6 is 34.8 Å². The molecule has 1 amide bonds. The van der Waals surface area contributed by atoms with E-state index in [1.54, 1.807) is 0 Å². The van der Waals surface area contributed by atoms with E-state index in [1.165, 1.54) is 10.5 Å². The number of nitrogens with zero attached hydrogens (tertiary/aromatic N) is 1. The minimum atomic E-state index is -1.56. The number of aryl methyl sites for hydroxylation is 1. The molecular weight excluding hydrogens is 319 g/mol. The second-order valence-electron chi connectivity index (χ2n) is 5.10. The van der Waals surface area contributed by atoms with Gasteiger partial charge in [-0.1, -0.05) is 46.4 Å². The molecule has 3 rings (SSSR count). The van der Waals surface area contributed by atoms with Gasteiger partial charge in [-0.15, -0.1) is 0 Å². The molecule has 0 spiro atoms. The lowest BCUT2D eigenvalue weighted by atomic mass is 9.98. The maximum absolute atomic E-state index is 11.2. The van der Waals surface area contributed by atoms with Gasteiger partial charge in [0.1, 0.15) is 6.04 Å². The van der Waals surface area contributed by atoms with Crippen molar-refractivity contribution in [3.63, 3.8) is 0 Å². The SMILES string of the molecule is Cc1ccc2[nH]c3c(c2c1)CCN(C=O)C3C(Cl)(Cl)Cl.